The minimum absolute atomic E-state index is 0.0993. The van der Waals surface area contributed by atoms with Crippen LogP contribution in [0, 0.1) is 0 Å². The molecule has 1 aromatic rings. The summed E-state index contributed by atoms with van der Waals surface area (Å²) >= 11 is 6.75. The first-order valence-electron chi connectivity index (χ1n) is 3.50. The first kappa shape index (κ1) is 9.93. The van der Waals surface area contributed by atoms with E-state index in [1.165, 1.54) is 0 Å². The third-order valence-corrected chi connectivity index (χ3v) is 2.63. The Morgan fingerprint density at radius 2 is 1.75 bits per heavy atom. The summed E-state index contributed by atoms with van der Waals surface area (Å²) in [7, 11) is 0. The predicted molar refractivity (Wildman–Crippen MR) is 57.0 cm³/mol. The lowest BCUT2D eigenvalue weighted by atomic mass is 10.1. The van der Waals surface area contributed by atoms with Gasteiger partial charge in [-0.3, -0.25) is 4.79 Å². The number of carbonyl (C=O) groups is 1. The van der Waals surface area contributed by atoms with Crippen LogP contribution in [0.5, 0.6) is 0 Å². The molecule has 64 valence electrons. The lowest BCUT2D eigenvalue weighted by Crippen LogP contribution is -1.91. The lowest BCUT2D eigenvalue weighted by Gasteiger charge is -2.01. The quantitative estimate of drug-likeness (QED) is 0.600. The molecule has 0 saturated heterocycles. The van der Waals surface area contributed by atoms with Crippen LogP contribution in [0.15, 0.2) is 24.3 Å². The molecule has 0 amide bonds. The van der Waals surface area contributed by atoms with Gasteiger partial charge in [0.05, 0.1) is 3.74 Å². The fraction of sp³-hybridized carbons (Fsp3) is 0.222. The minimum Gasteiger partial charge on any atom is -0.295 e. The molecule has 0 saturated carbocycles. The number of benzene rings is 1. The second-order valence-corrected chi connectivity index (χ2v) is 5.54. The van der Waals surface area contributed by atoms with Crippen LogP contribution in [0.4, 0.5) is 0 Å². The van der Waals surface area contributed by atoms with Crippen LogP contribution >= 0.6 is 31.9 Å². The molecular formula is C9H8Br2O. The van der Waals surface area contributed by atoms with Gasteiger partial charge < -0.3 is 0 Å². The van der Waals surface area contributed by atoms with E-state index in [4.69, 9.17) is 0 Å². The molecule has 0 unspecified atom stereocenters. The van der Waals surface area contributed by atoms with E-state index < -0.39 is 0 Å². The number of hydrogen-bond acceptors (Lipinski definition) is 1. The van der Waals surface area contributed by atoms with E-state index in [2.05, 4.69) is 31.9 Å². The Balaban J connectivity index is 2.93. The minimum atomic E-state index is 0.0993. The topological polar surface area (TPSA) is 17.1 Å². The van der Waals surface area contributed by atoms with Gasteiger partial charge >= 0.3 is 0 Å². The number of rotatable bonds is 2. The average molecular weight is 292 g/mol. The summed E-state index contributed by atoms with van der Waals surface area (Å²) in [6.07, 6.45) is 0. The second kappa shape index (κ2) is 4.19. The van der Waals surface area contributed by atoms with Crippen LogP contribution in [0.3, 0.4) is 0 Å². The summed E-state index contributed by atoms with van der Waals surface area (Å²) in [6, 6.07) is 7.50. The highest BCUT2D eigenvalue weighted by atomic mass is 79.9. The number of alkyl halides is 2. The van der Waals surface area contributed by atoms with Crippen molar-refractivity contribution in [3.05, 3.63) is 35.4 Å². The Bertz CT molecular complexity index is 277. The molecule has 0 bridgehead atoms. The zero-order valence-corrected chi connectivity index (χ0v) is 9.72. The summed E-state index contributed by atoms with van der Waals surface area (Å²) in [4.78, 5) is 10.9. The van der Waals surface area contributed by atoms with Crippen molar-refractivity contribution in [1.29, 1.82) is 0 Å². The smallest absolute Gasteiger partial charge is 0.159 e. The summed E-state index contributed by atoms with van der Waals surface area (Å²) < 4.78 is 0.158. The number of Topliss-reactive ketones (excluding diaryl/α,β-unsaturated/α-hetero) is 1. The predicted octanol–water partition coefficient (Wildman–Crippen LogP) is 3.68. The lowest BCUT2D eigenvalue weighted by molar-refractivity contribution is 0.101. The Morgan fingerprint density at radius 1 is 1.25 bits per heavy atom. The highest BCUT2D eigenvalue weighted by Gasteiger charge is 2.03. The van der Waals surface area contributed by atoms with E-state index >= 15 is 0 Å². The van der Waals surface area contributed by atoms with Crippen molar-refractivity contribution in [3.8, 4) is 0 Å². The summed E-state index contributed by atoms with van der Waals surface area (Å²) in [6.45, 7) is 1.56. The average Bonchev–Trinajstić information content (AvgIpc) is 2.04. The fourth-order valence-electron chi connectivity index (χ4n) is 0.863. The van der Waals surface area contributed by atoms with Gasteiger partial charge in [-0.1, -0.05) is 56.1 Å². The van der Waals surface area contributed by atoms with Gasteiger partial charge in [-0.2, -0.15) is 0 Å². The normalized spacial score (nSPS) is 10.3. The molecule has 0 heterocycles. The van der Waals surface area contributed by atoms with Gasteiger partial charge in [0.25, 0.3) is 0 Å². The maximum Gasteiger partial charge on any atom is 0.159 e. The molecule has 0 aliphatic rings. The summed E-state index contributed by atoms with van der Waals surface area (Å²) in [5.41, 5.74) is 1.86. The molecule has 0 aromatic heterocycles. The maximum atomic E-state index is 10.9. The molecule has 0 radical (unpaired) electrons. The maximum absolute atomic E-state index is 10.9. The Morgan fingerprint density at radius 3 is 2.08 bits per heavy atom. The summed E-state index contributed by atoms with van der Waals surface area (Å²) in [5, 5.41) is 0. The SMILES string of the molecule is CC(=O)c1ccc(C(Br)Br)cc1. The molecule has 0 fully saturated rings. The third kappa shape index (κ3) is 2.42. The van der Waals surface area contributed by atoms with Crippen molar-refractivity contribution >= 4 is 37.6 Å². The van der Waals surface area contributed by atoms with Gasteiger partial charge in [0.15, 0.2) is 5.78 Å². The van der Waals surface area contributed by atoms with Crippen molar-refractivity contribution < 1.29 is 4.79 Å². The Kier molecular flexibility index (Phi) is 3.47. The molecule has 0 atom stereocenters. The van der Waals surface area contributed by atoms with E-state index in [1.54, 1.807) is 6.92 Å². The highest BCUT2D eigenvalue weighted by Crippen LogP contribution is 2.28. The second-order valence-electron chi connectivity index (χ2n) is 2.48. The van der Waals surface area contributed by atoms with Crippen LogP contribution in [-0.4, -0.2) is 5.78 Å². The van der Waals surface area contributed by atoms with Crippen molar-refractivity contribution in [2.75, 3.05) is 0 Å². The molecule has 12 heavy (non-hydrogen) atoms. The Hall–Kier alpha value is -0.150. The van der Waals surface area contributed by atoms with Gasteiger partial charge in [0.1, 0.15) is 0 Å². The number of ketones is 1. The van der Waals surface area contributed by atoms with E-state index in [0.717, 1.165) is 11.1 Å². The molecule has 3 heteroatoms. The zero-order valence-electron chi connectivity index (χ0n) is 6.55. The van der Waals surface area contributed by atoms with Gasteiger partial charge in [0, 0.05) is 5.56 Å². The van der Waals surface area contributed by atoms with Crippen LogP contribution in [-0.2, 0) is 0 Å². The first-order valence-corrected chi connectivity index (χ1v) is 5.33. The van der Waals surface area contributed by atoms with Crippen LogP contribution < -0.4 is 0 Å². The number of hydrogen-bond donors (Lipinski definition) is 0. The van der Waals surface area contributed by atoms with Crippen LogP contribution in [0.1, 0.15) is 26.6 Å². The van der Waals surface area contributed by atoms with Gasteiger partial charge in [-0.05, 0) is 12.5 Å². The van der Waals surface area contributed by atoms with Gasteiger partial charge in [0.2, 0.25) is 0 Å². The summed E-state index contributed by atoms with van der Waals surface area (Å²) in [5.74, 6) is 0.0993. The molecule has 1 nitrogen and oxygen atoms in total. The highest BCUT2D eigenvalue weighted by molar-refractivity contribution is 9.24. The first-order chi connectivity index (χ1) is 5.61. The number of carbonyl (C=O) groups excluding carboxylic acids is 1. The standard InChI is InChI=1S/C9H8Br2O/c1-6(12)7-2-4-8(5-3-7)9(10)11/h2-5,9H,1H3. The van der Waals surface area contributed by atoms with E-state index in [0.29, 0.717) is 0 Å². The van der Waals surface area contributed by atoms with Gasteiger partial charge in [-0.15, -0.1) is 0 Å². The van der Waals surface area contributed by atoms with Crippen LogP contribution in [0.25, 0.3) is 0 Å². The van der Waals surface area contributed by atoms with E-state index in [1.807, 2.05) is 24.3 Å². The molecule has 0 aliphatic heterocycles. The Labute approximate surface area is 88.4 Å². The van der Waals surface area contributed by atoms with Gasteiger partial charge in [-0.25, -0.2) is 0 Å². The molecule has 0 N–H and O–H groups in total. The van der Waals surface area contributed by atoms with Crippen molar-refractivity contribution in [2.24, 2.45) is 0 Å². The molecule has 1 aromatic carbocycles. The molecule has 0 aliphatic carbocycles. The monoisotopic (exact) mass is 290 g/mol. The zero-order chi connectivity index (χ0) is 9.14. The largest absolute Gasteiger partial charge is 0.295 e. The van der Waals surface area contributed by atoms with Crippen LogP contribution in [0.2, 0.25) is 0 Å². The molecule has 1 rings (SSSR count). The molecule has 0 spiro atoms. The van der Waals surface area contributed by atoms with E-state index in [-0.39, 0.29) is 9.52 Å². The third-order valence-electron chi connectivity index (χ3n) is 1.57. The fourth-order valence-corrected chi connectivity index (χ4v) is 1.47. The molecular weight excluding hydrogens is 284 g/mol. The van der Waals surface area contributed by atoms with Crippen molar-refractivity contribution in [1.82, 2.24) is 0 Å². The van der Waals surface area contributed by atoms with Crippen molar-refractivity contribution in [3.63, 3.8) is 0 Å². The van der Waals surface area contributed by atoms with Crippen molar-refractivity contribution in [2.45, 2.75) is 10.7 Å². The number of halogens is 2. The van der Waals surface area contributed by atoms with E-state index in [9.17, 15) is 4.79 Å².